The van der Waals surface area contributed by atoms with E-state index in [0.29, 0.717) is 6.42 Å². The fourth-order valence-corrected chi connectivity index (χ4v) is 1.52. The summed E-state index contributed by atoms with van der Waals surface area (Å²) in [4.78, 5) is 11.2. The van der Waals surface area contributed by atoms with Gasteiger partial charge in [0.2, 0.25) is 0 Å². The number of Topliss-reactive ketones (excluding diaryl/α,β-unsaturated/α-hetero) is 1. The maximum absolute atomic E-state index is 11.2. The number of hydrogen-bond donors (Lipinski definition) is 0. The first-order valence-electron chi connectivity index (χ1n) is 6.36. The van der Waals surface area contributed by atoms with E-state index in [-0.39, 0.29) is 11.9 Å². The highest BCUT2D eigenvalue weighted by molar-refractivity contribution is 5.82. The van der Waals surface area contributed by atoms with Gasteiger partial charge in [-0.3, -0.25) is 4.79 Å². The molecule has 0 aromatic heterocycles. The van der Waals surface area contributed by atoms with Gasteiger partial charge in [0.1, 0.15) is 6.10 Å². The normalized spacial score (nSPS) is 12.7. The quantitative estimate of drug-likeness (QED) is 0.518. The van der Waals surface area contributed by atoms with Crippen LogP contribution >= 0.6 is 0 Å². The minimum Gasteiger partial charge on any atom is -0.371 e. The molecule has 1 unspecified atom stereocenters. The molecule has 0 bridgehead atoms. The Morgan fingerprint density at radius 2 is 1.67 bits per heavy atom. The predicted molar refractivity (Wildman–Crippen MR) is 64.1 cm³/mol. The Bertz CT molecular complexity index is 155. The minimum absolute atomic E-state index is 0.203. The molecule has 0 aromatic rings. The van der Waals surface area contributed by atoms with Gasteiger partial charge in [0.05, 0.1) is 0 Å². The van der Waals surface area contributed by atoms with E-state index in [1.54, 1.807) is 0 Å². The molecule has 0 fully saturated rings. The lowest BCUT2D eigenvalue weighted by Gasteiger charge is -2.10. The predicted octanol–water partition coefficient (Wildman–Crippen LogP) is 3.73. The lowest BCUT2D eigenvalue weighted by Crippen LogP contribution is -2.20. The van der Waals surface area contributed by atoms with Gasteiger partial charge in [-0.15, -0.1) is 0 Å². The first-order chi connectivity index (χ1) is 7.22. The van der Waals surface area contributed by atoms with Crippen LogP contribution in [0, 0.1) is 0 Å². The number of rotatable bonds is 10. The molecule has 0 aliphatic heterocycles. The molecule has 0 rings (SSSR count). The Kier molecular flexibility index (Phi) is 9.91. The highest BCUT2D eigenvalue weighted by atomic mass is 16.5. The van der Waals surface area contributed by atoms with Crippen molar-refractivity contribution in [2.75, 3.05) is 6.61 Å². The third-order valence-corrected chi connectivity index (χ3v) is 2.67. The average molecular weight is 214 g/mol. The topological polar surface area (TPSA) is 26.3 Å². The highest BCUT2D eigenvalue weighted by Gasteiger charge is 2.09. The van der Waals surface area contributed by atoms with Gasteiger partial charge in [-0.1, -0.05) is 46.0 Å². The number of ether oxygens (including phenoxy) is 1. The molecule has 2 nitrogen and oxygen atoms in total. The fourth-order valence-electron chi connectivity index (χ4n) is 1.52. The molecule has 0 aliphatic carbocycles. The van der Waals surface area contributed by atoms with Crippen LogP contribution in [0.3, 0.4) is 0 Å². The highest BCUT2D eigenvalue weighted by Crippen LogP contribution is 2.06. The Balaban J connectivity index is 3.20. The number of ketones is 1. The molecule has 0 N–H and O–H groups in total. The number of hydrogen-bond acceptors (Lipinski definition) is 2. The number of unbranched alkanes of at least 4 members (excludes halogenated alkanes) is 5. The largest absolute Gasteiger partial charge is 0.371 e. The Morgan fingerprint density at radius 3 is 2.27 bits per heavy atom. The van der Waals surface area contributed by atoms with E-state index in [1.807, 2.05) is 13.8 Å². The van der Waals surface area contributed by atoms with Crippen LogP contribution in [0.15, 0.2) is 0 Å². The smallest absolute Gasteiger partial charge is 0.160 e. The van der Waals surface area contributed by atoms with Crippen molar-refractivity contribution in [3.05, 3.63) is 0 Å². The van der Waals surface area contributed by atoms with E-state index in [0.717, 1.165) is 13.0 Å². The molecule has 1 atom stereocenters. The molecule has 0 spiro atoms. The second-order valence-electron chi connectivity index (χ2n) is 4.10. The average Bonchev–Trinajstić information content (AvgIpc) is 2.26. The van der Waals surface area contributed by atoms with Crippen molar-refractivity contribution in [1.29, 1.82) is 0 Å². The summed E-state index contributed by atoms with van der Waals surface area (Å²) in [7, 11) is 0. The molecule has 0 aromatic carbocycles. The zero-order valence-corrected chi connectivity index (χ0v) is 10.6. The molecule has 0 aliphatic rings. The van der Waals surface area contributed by atoms with Crippen molar-refractivity contribution < 1.29 is 9.53 Å². The number of carbonyl (C=O) groups is 1. The lowest BCUT2D eigenvalue weighted by atomic mass is 10.1. The molecule has 90 valence electrons. The van der Waals surface area contributed by atoms with Crippen LogP contribution in [-0.2, 0) is 9.53 Å². The van der Waals surface area contributed by atoms with Crippen molar-refractivity contribution >= 4 is 5.78 Å². The fraction of sp³-hybridized carbons (Fsp3) is 0.923. The van der Waals surface area contributed by atoms with E-state index in [2.05, 4.69) is 6.92 Å². The van der Waals surface area contributed by atoms with Crippen LogP contribution in [0.4, 0.5) is 0 Å². The Morgan fingerprint density at radius 1 is 1.07 bits per heavy atom. The van der Waals surface area contributed by atoms with Crippen molar-refractivity contribution in [3.63, 3.8) is 0 Å². The summed E-state index contributed by atoms with van der Waals surface area (Å²) in [6, 6.07) is 0. The van der Waals surface area contributed by atoms with E-state index >= 15 is 0 Å². The maximum Gasteiger partial charge on any atom is 0.160 e. The molecule has 0 radical (unpaired) electrons. The molecule has 0 saturated carbocycles. The summed E-state index contributed by atoms with van der Waals surface area (Å²) in [5.74, 6) is 0.209. The van der Waals surface area contributed by atoms with Crippen LogP contribution < -0.4 is 0 Å². The Labute approximate surface area is 94.4 Å². The van der Waals surface area contributed by atoms with E-state index in [1.165, 1.54) is 32.1 Å². The van der Waals surface area contributed by atoms with Crippen LogP contribution in [0.5, 0.6) is 0 Å². The molecule has 0 heterocycles. The second-order valence-corrected chi connectivity index (χ2v) is 4.10. The zero-order valence-electron chi connectivity index (χ0n) is 10.6. The summed E-state index contributed by atoms with van der Waals surface area (Å²) < 4.78 is 5.45. The van der Waals surface area contributed by atoms with Crippen LogP contribution in [0.25, 0.3) is 0 Å². The van der Waals surface area contributed by atoms with Gasteiger partial charge in [0, 0.05) is 13.0 Å². The summed E-state index contributed by atoms with van der Waals surface area (Å²) in [5.41, 5.74) is 0. The van der Waals surface area contributed by atoms with Crippen LogP contribution in [-0.4, -0.2) is 18.5 Å². The zero-order chi connectivity index (χ0) is 11.5. The van der Waals surface area contributed by atoms with E-state index < -0.39 is 0 Å². The van der Waals surface area contributed by atoms with E-state index in [9.17, 15) is 4.79 Å². The molecule has 0 saturated heterocycles. The van der Waals surface area contributed by atoms with Gasteiger partial charge >= 0.3 is 0 Å². The van der Waals surface area contributed by atoms with Gasteiger partial charge < -0.3 is 4.74 Å². The SMILES string of the molecule is CCCCCCCCOC(C)C(=O)CC. The summed E-state index contributed by atoms with van der Waals surface area (Å²) >= 11 is 0. The van der Waals surface area contributed by atoms with Crippen LogP contribution in [0.2, 0.25) is 0 Å². The summed E-state index contributed by atoms with van der Waals surface area (Å²) in [6.45, 7) is 6.69. The maximum atomic E-state index is 11.2. The van der Waals surface area contributed by atoms with Gasteiger partial charge in [-0.2, -0.15) is 0 Å². The van der Waals surface area contributed by atoms with Gasteiger partial charge in [-0.25, -0.2) is 0 Å². The first-order valence-corrected chi connectivity index (χ1v) is 6.36. The monoisotopic (exact) mass is 214 g/mol. The first kappa shape index (κ1) is 14.6. The van der Waals surface area contributed by atoms with Crippen molar-refractivity contribution in [1.82, 2.24) is 0 Å². The third-order valence-electron chi connectivity index (χ3n) is 2.67. The Hall–Kier alpha value is -0.370. The molecular weight excluding hydrogens is 188 g/mol. The van der Waals surface area contributed by atoms with Gasteiger partial charge in [0.15, 0.2) is 5.78 Å². The van der Waals surface area contributed by atoms with E-state index in [4.69, 9.17) is 4.74 Å². The van der Waals surface area contributed by atoms with Gasteiger partial charge in [0.25, 0.3) is 0 Å². The molecular formula is C13H26O2. The molecule has 2 heteroatoms. The standard InChI is InChI=1S/C13H26O2/c1-4-6-7-8-9-10-11-15-12(3)13(14)5-2/h12H,4-11H2,1-3H3. The summed E-state index contributed by atoms with van der Waals surface area (Å²) in [5, 5.41) is 0. The number of carbonyl (C=O) groups excluding carboxylic acids is 1. The van der Waals surface area contributed by atoms with Crippen LogP contribution in [0.1, 0.15) is 65.7 Å². The van der Waals surface area contributed by atoms with Gasteiger partial charge in [-0.05, 0) is 13.3 Å². The third kappa shape index (κ3) is 8.61. The van der Waals surface area contributed by atoms with Crippen molar-refractivity contribution in [3.8, 4) is 0 Å². The minimum atomic E-state index is -0.203. The lowest BCUT2D eigenvalue weighted by molar-refractivity contribution is -0.129. The van der Waals surface area contributed by atoms with Crippen molar-refractivity contribution in [2.45, 2.75) is 71.8 Å². The van der Waals surface area contributed by atoms with Crippen molar-refractivity contribution in [2.24, 2.45) is 0 Å². The second kappa shape index (κ2) is 10.2. The molecule has 15 heavy (non-hydrogen) atoms. The summed E-state index contributed by atoms with van der Waals surface area (Å²) in [6.07, 6.45) is 7.96. The molecule has 0 amide bonds.